The molecule has 19 aromatic rings. The molecule has 5 nitrogen and oxygen atoms in total. The molecule has 2 aliphatic carbocycles. The zero-order valence-electron chi connectivity index (χ0n) is 74.5. The Hall–Kier alpha value is -14.3. The van der Waals surface area contributed by atoms with E-state index in [0.717, 1.165) is 74.5 Å². The van der Waals surface area contributed by atoms with Gasteiger partial charge in [0.25, 0.3) is 0 Å². The molecule has 2 heterocycles. The second kappa shape index (κ2) is 32.1. The molecule has 2 aliphatic rings. The fourth-order valence-electron chi connectivity index (χ4n) is 21.2. The normalized spacial score (nSPS) is 13.4. The van der Waals surface area contributed by atoms with Crippen LogP contribution in [0.4, 0.5) is 51.2 Å². The number of unbranched alkanes of at least 4 members (excludes halogenated alkanes) is 1. The summed E-state index contributed by atoms with van der Waals surface area (Å²) in [6.07, 6.45) is 4.92. The van der Waals surface area contributed by atoms with Crippen LogP contribution in [-0.2, 0) is 28.2 Å². The monoisotopic (exact) mass is 1640 g/mol. The summed E-state index contributed by atoms with van der Waals surface area (Å²) in [5.74, 6) is 0.637. The maximum absolute atomic E-state index is 2.60. The van der Waals surface area contributed by atoms with Gasteiger partial charge in [0.1, 0.15) is 0 Å². The number of para-hydroxylation sites is 2. The number of hydrogen-bond acceptors (Lipinski definition) is 3. The van der Waals surface area contributed by atoms with Crippen molar-refractivity contribution < 1.29 is 0 Å². The van der Waals surface area contributed by atoms with Crippen LogP contribution in [0.15, 0.2) is 400 Å². The standard InChI is InChI=1S/C122H107N5/c1-11-13-27-84(12-2)81-123-115-39-26-21-34-107(115)108-78-86(46-75-116(108)123)85-44-61-96(62-45-85)126(98-65-49-88(50-66-98)120(8,9)10)100-69-53-90(54-70-100)122(113-37-24-19-32-105(113)106-33-20-25-38-114(106)122)92-56-77-118-110(80-92)109-79-91(55-76-117(109)127(118)102-73-71-101(72-74-102)125(94-57-40-82(3)41-58-94)95-59-42-83(4)43-60-95)121(111-35-22-17-30-103(111)104-31-18-23-36-112(104)121)89-51-67-99(68-52-89)124(93-28-15-14-16-29-93)97-63-47-87(48-64-97)119(5,6)7/h14-26,28-80,84H,11-13,27,81H2,1-10H3. The first-order valence-electron chi connectivity index (χ1n) is 45.7. The molecule has 0 saturated heterocycles. The van der Waals surface area contributed by atoms with Crippen LogP contribution in [0.2, 0.25) is 0 Å². The predicted molar refractivity (Wildman–Crippen MR) is 538 cm³/mol. The Kier molecular flexibility index (Phi) is 20.2. The van der Waals surface area contributed by atoms with Gasteiger partial charge in [-0.3, -0.25) is 0 Å². The van der Waals surface area contributed by atoms with Gasteiger partial charge in [-0.25, -0.2) is 0 Å². The summed E-state index contributed by atoms with van der Waals surface area (Å²) in [4.78, 5) is 7.22. The molecular weight excluding hydrogens is 1540 g/mol. The molecule has 5 heteroatoms. The third kappa shape index (κ3) is 13.7. The average Bonchev–Trinajstić information content (AvgIpc) is 1.53. The van der Waals surface area contributed by atoms with Gasteiger partial charge in [0.05, 0.1) is 21.9 Å². The van der Waals surface area contributed by atoms with Crippen molar-refractivity contribution in [2.75, 3.05) is 14.7 Å². The Bertz CT molecular complexity index is 7170. The molecular formula is C122H107N5. The van der Waals surface area contributed by atoms with Crippen LogP contribution in [0.1, 0.15) is 148 Å². The molecule has 1 atom stereocenters. The van der Waals surface area contributed by atoms with Crippen LogP contribution in [-0.4, -0.2) is 9.13 Å². The highest BCUT2D eigenvalue weighted by atomic mass is 15.2. The lowest BCUT2D eigenvalue weighted by Crippen LogP contribution is -2.28. The minimum atomic E-state index is -0.765. The first-order valence-corrected chi connectivity index (χ1v) is 45.7. The molecule has 21 rings (SSSR count). The van der Waals surface area contributed by atoms with E-state index in [2.05, 4.69) is 493 Å². The highest BCUT2D eigenvalue weighted by molar-refractivity contribution is 6.12. The maximum atomic E-state index is 2.60. The molecule has 0 fully saturated rings. The van der Waals surface area contributed by atoms with Crippen molar-refractivity contribution in [1.82, 2.24) is 9.13 Å². The molecule has 2 aromatic heterocycles. The van der Waals surface area contributed by atoms with E-state index in [1.165, 1.54) is 158 Å². The van der Waals surface area contributed by atoms with E-state index in [9.17, 15) is 0 Å². The van der Waals surface area contributed by atoms with Crippen molar-refractivity contribution in [3.63, 3.8) is 0 Å². The maximum Gasteiger partial charge on any atom is 0.0713 e. The molecule has 17 aromatic carbocycles. The van der Waals surface area contributed by atoms with Gasteiger partial charge in [-0.2, -0.15) is 0 Å². The minimum Gasteiger partial charge on any atom is -0.340 e. The number of hydrogen-bond donors (Lipinski definition) is 0. The van der Waals surface area contributed by atoms with E-state index in [1.807, 2.05) is 0 Å². The van der Waals surface area contributed by atoms with Gasteiger partial charge in [-0.15, -0.1) is 0 Å². The fourth-order valence-corrected chi connectivity index (χ4v) is 21.2. The molecule has 0 N–H and O–H groups in total. The van der Waals surface area contributed by atoms with Crippen LogP contribution >= 0.6 is 0 Å². The van der Waals surface area contributed by atoms with Gasteiger partial charge in [0, 0.05) is 96.0 Å². The summed E-state index contributed by atoms with van der Waals surface area (Å²) in [6.45, 7) is 23.8. The van der Waals surface area contributed by atoms with Crippen LogP contribution in [0.5, 0.6) is 0 Å². The van der Waals surface area contributed by atoms with Gasteiger partial charge in [-0.05, 0) is 290 Å². The summed E-state index contributed by atoms with van der Waals surface area (Å²) < 4.78 is 5.12. The van der Waals surface area contributed by atoms with E-state index in [-0.39, 0.29) is 10.8 Å². The van der Waals surface area contributed by atoms with E-state index in [4.69, 9.17) is 0 Å². The lowest BCUT2D eigenvalue weighted by Gasteiger charge is -2.35. The van der Waals surface area contributed by atoms with Crippen molar-refractivity contribution >= 4 is 94.8 Å². The molecule has 0 aliphatic heterocycles. The fraction of sp³-hybridized carbons (Fsp3) is 0.164. The Labute approximate surface area is 748 Å². The first-order chi connectivity index (χ1) is 62.0. The van der Waals surface area contributed by atoms with Crippen LogP contribution in [0, 0.1) is 19.8 Å². The van der Waals surface area contributed by atoms with E-state index in [0.29, 0.717) is 5.92 Å². The van der Waals surface area contributed by atoms with Gasteiger partial charge in [0.15, 0.2) is 0 Å². The van der Waals surface area contributed by atoms with Crippen LogP contribution < -0.4 is 14.7 Å². The third-order valence-electron chi connectivity index (χ3n) is 27.8. The highest BCUT2D eigenvalue weighted by Crippen LogP contribution is 2.60. The Morgan fingerprint density at radius 3 is 1.02 bits per heavy atom. The summed E-state index contributed by atoms with van der Waals surface area (Å²) in [5, 5.41) is 4.96. The zero-order valence-corrected chi connectivity index (χ0v) is 74.5. The number of aryl methyl sites for hydroxylation is 2. The quantitative estimate of drug-likeness (QED) is 0.0715. The lowest BCUT2D eigenvalue weighted by atomic mass is 9.67. The largest absolute Gasteiger partial charge is 0.340 e. The minimum absolute atomic E-state index is 0.0132. The number of anilines is 9. The second-order valence-electron chi connectivity index (χ2n) is 37.5. The van der Waals surface area contributed by atoms with Crippen molar-refractivity contribution in [3.8, 4) is 39.1 Å². The number of benzene rings is 17. The molecule has 127 heavy (non-hydrogen) atoms. The first kappa shape index (κ1) is 79.9. The van der Waals surface area contributed by atoms with Crippen LogP contribution in [0.3, 0.4) is 0 Å². The highest BCUT2D eigenvalue weighted by Gasteiger charge is 2.49. The van der Waals surface area contributed by atoms with Gasteiger partial charge < -0.3 is 23.8 Å². The topological polar surface area (TPSA) is 19.6 Å². The molecule has 1 unspecified atom stereocenters. The number of nitrogens with zero attached hydrogens (tertiary/aromatic N) is 5. The molecule has 0 spiro atoms. The second-order valence-corrected chi connectivity index (χ2v) is 37.5. The predicted octanol–water partition coefficient (Wildman–Crippen LogP) is 33.1. The van der Waals surface area contributed by atoms with Gasteiger partial charge in [0.2, 0.25) is 0 Å². The summed E-state index contributed by atoms with van der Waals surface area (Å²) in [7, 11) is 0. The lowest BCUT2D eigenvalue weighted by molar-refractivity contribution is 0.401. The van der Waals surface area contributed by atoms with Crippen molar-refractivity contribution in [3.05, 3.63) is 467 Å². The van der Waals surface area contributed by atoms with Gasteiger partial charge >= 0.3 is 0 Å². The Morgan fingerprint density at radius 1 is 0.283 bits per heavy atom. The summed E-state index contributed by atoms with van der Waals surface area (Å²) in [5.41, 5.74) is 36.5. The van der Waals surface area contributed by atoms with Crippen molar-refractivity contribution in [2.45, 2.75) is 123 Å². The molecule has 0 amide bonds. The molecule has 620 valence electrons. The number of rotatable bonds is 21. The summed E-state index contributed by atoms with van der Waals surface area (Å²) >= 11 is 0. The van der Waals surface area contributed by atoms with E-state index >= 15 is 0 Å². The SMILES string of the molecule is CCCCC(CC)Cn1c2ccccc2c2cc(-c3ccc(N(c4ccc(C(C)(C)C)cc4)c4ccc(C5(c6ccc7c(c6)c6cc(C8(c9ccc(N(c%10ccccc%10)c%10ccc(C(C)(C)C)cc%10)cc9)c9ccccc9-c9ccccc98)ccc6n7-c6ccc(N(c7ccc(C)cc7)c7ccc(C)cc7)cc6)c6ccccc6-c6ccccc65)cc4)cc3)ccc21. The zero-order chi connectivity index (χ0) is 86.5. The van der Waals surface area contributed by atoms with Gasteiger partial charge in [-0.1, -0.05) is 322 Å². The third-order valence-corrected chi connectivity index (χ3v) is 27.8. The van der Waals surface area contributed by atoms with E-state index < -0.39 is 10.8 Å². The Morgan fingerprint density at radius 2 is 0.606 bits per heavy atom. The number of aromatic nitrogens is 2. The smallest absolute Gasteiger partial charge is 0.0713 e. The molecule has 0 saturated carbocycles. The molecule has 0 radical (unpaired) electrons. The summed E-state index contributed by atoms with van der Waals surface area (Å²) in [6, 6.07) is 153. The van der Waals surface area contributed by atoms with E-state index in [1.54, 1.807) is 0 Å². The van der Waals surface area contributed by atoms with Crippen molar-refractivity contribution in [2.24, 2.45) is 5.92 Å². The number of fused-ring (bicyclic) bond motifs is 12. The molecule has 0 bridgehead atoms. The van der Waals surface area contributed by atoms with Crippen LogP contribution in [0.25, 0.3) is 82.7 Å². The van der Waals surface area contributed by atoms with Crippen molar-refractivity contribution in [1.29, 1.82) is 0 Å². The Balaban J connectivity index is 0.744. The average molecular weight is 1640 g/mol.